The molecule has 0 aliphatic rings. The van der Waals surface area contributed by atoms with Gasteiger partial charge >= 0.3 is 12.1 Å². The summed E-state index contributed by atoms with van der Waals surface area (Å²) in [6, 6.07) is 4.58. The van der Waals surface area contributed by atoms with Gasteiger partial charge in [0, 0.05) is 23.0 Å². The summed E-state index contributed by atoms with van der Waals surface area (Å²) in [7, 11) is 0. The van der Waals surface area contributed by atoms with Gasteiger partial charge in [-0.05, 0) is 52.8 Å². The Balaban J connectivity index is 2.51. The lowest BCUT2D eigenvalue weighted by molar-refractivity contribution is -0.137. The third kappa shape index (κ3) is 6.23. The van der Waals surface area contributed by atoms with Gasteiger partial charge in [0.25, 0.3) is 5.56 Å². The molecule has 0 atom stereocenters. The fourth-order valence-electron chi connectivity index (χ4n) is 2.68. The van der Waals surface area contributed by atoms with Crippen molar-refractivity contribution in [1.82, 2.24) is 9.55 Å². The van der Waals surface area contributed by atoms with E-state index in [1.165, 1.54) is 12.3 Å². The Morgan fingerprint density at radius 2 is 1.93 bits per heavy atom. The van der Waals surface area contributed by atoms with E-state index in [9.17, 15) is 19.5 Å². The molecule has 0 saturated heterocycles. The number of carboxylic acids is 1. The molecule has 10 heteroatoms. The van der Waals surface area contributed by atoms with Crippen LogP contribution in [-0.4, -0.2) is 38.4 Å². The lowest BCUT2D eigenvalue weighted by Crippen LogP contribution is -2.30. The number of anilines is 3. The van der Waals surface area contributed by atoms with Crippen LogP contribution >= 0.6 is 0 Å². The van der Waals surface area contributed by atoms with Crippen molar-refractivity contribution in [2.75, 3.05) is 16.4 Å². The van der Waals surface area contributed by atoms with Crippen LogP contribution in [0.15, 0.2) is 29.2 Å². The number of ether oxygens (including phenoxy) is 1. The number of nitrogen functional groups attached to an aromatic ring is 1. The summed E-state index contributed by atoms with van der Waals surface area (Å²) in [5.41, 5.74) is 6.00. The Morgan fingerprint density at radius 3 is 2.50 bits per heavy atom. The van der Waals surface area contributed by atoms with Crippen LogP contribution in [0.5, 0.6) is 0 Å². The fourth-order valence-corrected chi connectivity index (χ4v) is 2.68. The molecule has 10 nitrogen and oxygen atoms in total. The van der Waals surface area contributed by atoms with Gasteiger partial charge < -0.3 is 20.9 Å². The SMILES string of the molecule is CC(C)Nc1ncc(-c2cc(N)cc(NC(=O)OC(C)(C)C)c2)n(CC(=O)O)c1=O. The number of nitrogens with zero attached hydrogens (tertiary/aromatic N) is 2. The standard InChI is InChI=1S/C20H27N5O5/c1-11(2)23-17-18(28)25(10-16(26)27)15(9-22-17)12-6-13(21)8-14(7-12)24-19(29)30-20(3,4)5/h6-9,11H,10,21H2,1-5H3,(H,22,23)(H,24,29)(H,26,27). The zero-order chi connectivity index (χ0) is 22.6. The summed E-state index contributed by atoms with van der Waals surface area (Å²) in [5.74, 6) is -1.14. The molecule has 0 aliphatic heterocycles. The summed E-state index contributed by atoms with van der Waals surface area (Å²) < 4.78 is 6.32. The highest BCUT2D eigenvalue weighted by Gasteiger charge is 2.18. The van der Waals surface area contributed by atoms with Crippen LogP contribution in [0.1, 0.15) is 34.6 Å². The highest BCUT2D eigenvalue weighted by molar-refractivity contribution is 5.87. The number of nitrogens with two attached hydrogens (primary N) is 1. The molecule has 1 heterocycles. The molecule has 0 fully saturated rings. The Morgan fingerprint density at radius 1 is 1.27 bits per heavy atom. The van der Waals surface area contributed by atoms with Crippen LogP contribution in [-0.2, 0) is 16.1 Å². The smallest absolute Gasteiger partial charge is 0.412 e. The topological polar surface area (TPSA) is 149 Å². The first-order chi connectivity index (χ1) is 13.9. The average molecular weight is 417 g/mol. The second-order valence-corrected chi connectivity index (χ2v) is 8.05. The Hall–Kier alpha value is -3.56. The van der Waals surface area contributed by atoms with Crippen molar-refractivity contribution in [2.45, 2.75) is 52.8 Å². The van der Waals surface area contributed by atoms with E-state index < -0.39 is 29.8 Å². The van der Waals surface area contributed by atoms with Gasteiger partial charge in [0.15, 0.2) is 5.82 Å². The van der Waals surface area contributed by atoms with Crippen LogP contribution in [0.3, 0.4) is 0 Å². The lowest BCUT2D eigenvalue weighted by Gasteiger charge is -2.20. The van der Waals surface area contributed by atoms with Gasteiger partial charge in [0.1, 0.15) is 12.1 Å². The van der Waals surface area contributed by atoms with Gasteiger partial charge in [0.2, 0.25) is 0 Å². The van der Waals surface area contributed by atoms with Gasteiger partial charge in [-0.1, -0.05) is 0 Å². The minimum atomic E-state index is -1.18. The number of carbonyl (C=O) groups excluding carboxylic acids is 1. The third-order valence-electron chi connectivity index (χ3n) is 3.67. The fraction of sp³-hybridized carbons (Fsp3) is 0.400. The zero-order valence-corrected chi connectivity index (χ0v) is 17.6. The average Bonchev–Trinajstić information content (AvgIpc) is 2.55. The number of carboxylic acid groups (broad SMARTS) is 1. The lowest BCUT2D eigenvalue weighted by atomic mass is 10.1. The summed E-state index contributed by atoms with van der Waals surface area (Å²) in [5, 5.41) is 14.8. The normalized spacial score (nSPS) is 11.3. The van der Waals surface area contributed by atoms with E-state index >= 15 is 0 Å². The molecule has 1 aromatic carbocycles. The molecule has 0 unspecified atom stereocenters. The van der Waals surface area contributed by atoms with Gasteiger partial charge in [-0.3, -0.25) is 19.5 Å². The number of hydrogen-bond acceptors (Lipinski definition) is 7. The van der Waals surface area contributed by atoms with E-state index in [0.29, 0.717) is 16.9 Å². The van der Waals surface area contributed by atoms with Crippen LogP contribution < -0.4 is 21.9 Å². The summed E-state index contributed by atoms with van der Waals surface area (Å²) in [6.07, 6.45) is 0.720. The van der Waals surface area contributed by atoms with Gasteiger partial charge in [-0.25, -0.2) is 9.78 Å². The van der Waals surface area contributed by atoms with E-state index in [1.807, 2.05) is 13.8 Å². The molecule has 0 spiro atoms. The van der Waals surface area contributed by atoms with Crippen molar-refractivity contribution < 1.29 is 19.4 Å². The van der Waals surface area contributed by atoms with Crippen LogP contribution in [0, 0.1) is 0 Å². The van der Waals surface area contributed by atoms with E-state index in [1.54, 1.807) is 32.9 Å². The quantitative estimate of drug-likeness (QED) is 0.524. The third-order valence-corrected chi connectivity index (χ3v) is 3.67. The maximum absolute atomic E-state index is 12.8. The van der Waals surface area contributed by atoms with Crippen LogP contribution in [0.2, 0.25) is 0 Å². The number of hydrogen-bond donors (Lipinski definition) is 4. The minimum Gasteiger partial charge on any atom is -0.480 e. The van der Waals surface area contributed by atoms with Crippen molar-refractivity contribution in [2.24, 2.45) is 0 Å². The molecule has 30 heavy (non-hydrogen) atoms. The molecule has 0 bridgehead atoms. The number of benzene rings is 1. The van der Waals surface area contributed by atoms with Crippen LogP contribution in [0.4, 0.5) is 22.0 Å². The number of carbonyl (C=O) groups is 2. The van der Waals surface area contributed by atoms with Gasteiger partial charge in [-0.2, -0.15) is 0 Å². The van der Waals surface area contributed by atoms with E-state index in [2.05, 4.69) is 15.6 Å². The Bertz CT molecular complexity index is 1010. The highest BCUT2D eigenvalue weighted by Crippen LogP contribution is 2.26. The number of rotatable bonds is 6. The number of aromatic nitrogens is 2. The summed E-state index contributed by atoms with van der Waals surface area (Å²) >= 11 is 0. The molecule has 2 rings (SSSR count). The molecule has 1 amide bonds. The van der Waals surface area contributed by atoms with E-state index in [0.717, 1.165) is 4.57 Å². The Labute approximate surface area is 174 Å². The largest absolute Gasteiger partial charge is 0.480 e. The molecular formula is C20H27N5O5. The molecule has 0 aliphatic carbocycles. The molecular weight excluding hydrogens is 390 g/mol. The monoisotopic (exact) mass is 417 g/mol. The second-order valence-electron chi connectivity index (χ2n) is 8.05. The van der Waals surface area contributed by atoms with E-state index in [4.69, 9.17) is 10.5 Å². The maximum atomic E-state index is 12.8. The predicted molar refractivity (Wildman–Crippen MR) is 115 cm³/mol. The number of aliphatic carboxylic acids is 1. The molecule has 0 saturated carbocycles. The first kappa shape index (κ1) is 22.7. The summed E-state index contributed by atoms with van der Waals surface area (Å²) in [6.45, 7) is 8.32. The van der Waals surface area contributed by atoms with Crippen molar-refractivity contribution in [3.05, 3.63) is 34.7 Å². The number of nitrogens with one attached hydrogen (secondary N) is 2. The molecule has 5 N–H and O–H groups in total. The molecule has 1 aromatic heterocycles. The van der Waals surface area contributed by atoms with Crippen molar-refractivity contribution in [3.63, 3.8) is 0 Å². The van der Waals surface area contributed by atoms with Gasteiger partial charge in [0.05, 0.1) is 11.9 Å². The first-order valence-electron chi connectivity index (χ1n) is 9.35. The summed E-state index contributed by atoms with van der Waals surface area (Å²) in [4.78, 5) is 40.4. The molecule has 0 radical (unpaired) electrons. The molecule has 162 valence electrons. The maximum Gasteiger partial charge on any atom is 0.412 e. The number of amides is 1. The van der Waals surface area contributed by atoms with Crippen molar-refractivity contribution in [3.8, 4) is 11.3 Å². The highest BCUT2D eigenvalue weighted by atomic mass is 16.6. The van der Waals surface area contributed by atoms with Crippen molar-refractivity contribution in [1.29, 1.82) is 0 Å². The first-order valence-corrected chi connectivity index (χ1v) is 9.35. The zero-order valence-electron chi connectivity index (χ0n) is 17.6. The van der Waals surface area contributed by atoms with Crippen molar-refractivity contribution >= 4 is 29.3 Å². The predicted octanol–water partition coefficient (Wildman–Crippen LogP) is 2.74. The molecule has 2 aromatic rings. The minimum absolute atomic E-state index is 0.0472. The Kier molecular flexibility index (Phi) is 6.70. The van der Waals surface area contributed by atoms with Gasteiger partial charge in [-0.15, -0.1) is 0 Å². The van der Waals surface area contributed by atoms with Crippen LogP contribution in [0.25, 0.3) is 11.3 Å². The van der Waals surface area contributed by atoms with E-state index in [-0.39, 0.29) is 17.6 Å². The second kappa shape index (κ2) is 8.85.